The minimum absolute atomic E-state index is 0.0204. The van der Waals surface area contributed by atoms with E-state index in [-0.39, 0.29) is 12.0 Å². The van der Waals surface area contributed by atoms with Gasteiger partial charge in [-0.1, -0.05) is 6.07 Å². The van der Waals surface area contributed by atoms with Crippen LogP contribution in [-0.2, 0) is 14.3 Å². The molecule has 2 heterocycles. The molecule has 0 bridgehead atoms. The lowest BCUT2D eigenvalue weighted by Gasteiger charge is -2.35. The van der Waals surface area contributed by atoms with Crippen molar-refractivity contribution in [2.45, 2.75) is 12.5 Å². The van der Waals surface area contributed by atoms with Gasteiger partial charge in [0.2, 0.25) is 0 Å². The molecule has 1 fully saturated rings. The highest BCUT2D eigenvalue weighted by molar-refractivity contribution is 9.10. The molecule has 0 aromatic carbocycles. The molecule has 0 N–H and O–H groups in total. The summed E-state index contributed by atoms with van der Waals surface area (Å²) >= 11 is 3.35. The number of nitrogens with zero attached hydrogens (tertiary/aromatic N) is 2. The first-order valence-corrected chi connectivity index (χ1v) is 6.54. The second kappa shape index (κ2) is 6.15. The number of halogens is 1. The summed E-state index contributed by atoms with van der Waals surface area (Å²) in [5, 5.41) is 0. The van der Waals surface area contributed by atoms with Crippen molar-refractivity contribution in [3.8, 4) is 0 Å². The van der Waals surface area contributed by atoms with E-state index in [0.717, 1.165) is 17.0 Å². The van der Waals surface area contributed by atoms with Gasteiger partial charge in [0.25, 0.3) is 0 Å². The third kappa shape index (κ3) is 3.20. The summed E-state index contributed by atoms with van der Waals surface area (Å²) in [5.74, 6) is 0.618. The molecule has 0 amide bonds. The number of aromatic nitrogens is 1. The number of hydrogen-bond donors (Lipinski definition) is 0. The first-order valence-electron chi connectivity index (χ1n) is 5.74. The fraction of sp³-hybridized carbons (Fsp3) is 0.500. The van der Waals surface area contributed by atoms with Crippen molar-refractivity contribution >= 4 is 27.7 Å². The van der Waals surface area contributed by atoms with Crippen molar-refractivity contribution < 1.29 is 14.3 Å². The van der Waals surface area contributed by atoms with Gasteiger partial charge in [0.1, 0.15) is 10.4 Å². The van der Waals surface area contributed by atoms with Gasteiger partial charge in [0.15, 0.2) is 0 Å². The zero-order valence-electron chi connectivity index (χ0n) is 10.1. The smallest absolute Gasteiger partial charge is 0.307 e. The number of carbonyl (C=O) groups excluding carboxylic acids is 1. The van der Waals surface area contributed by atoms with Crippen LogP contribution >= 0.6 is 15.9 Å². The maximum absolute atomic E-state index is 11.4. The van der Waals surface area contributed by atoms with Gasteiger partial charge in [-0.3, -0.25) is 4.79 Å². The molecule has 1 unspecified atom stereocenters. The molecule has 1 aliphatic heterocycles. The third-order valence-electron chi connectivity index (χ3n) is 2.85. The van der Waals surface area contributed by atoms with Gasteiger partial charge in [-0.25, -0.2) is 4.98 Å². The van der Waals surface area contributed by atoms with E-state index in [2.05, 4.69) is 25.8 Å². The summed E-state index contributed by atoms with van der Waals surface area (Å²) in [6, 6.07) is 5.71. The maximum atomic E-state index is 11.4. The summed E-state index contributed by atoms with van der Waals surface area (Å²) in [4.78, 5) is 17.9. The minimum atomic E-state index is -0.231. The second-order valence-corrected chi connectivity index (χ2v) is 4.83. The third-order valence-corrected chi connectivity index (χ3v) is 3.29. The molecule has 1 saturated heterocycles. The zero-order chi connectivity index (χ0) is 13.0. The first-order chi connectivity index (χ1) is 8.70. The zero-order valence-corrected chi connectivity index (χ0v) is 11.7. The Balaban J connectivity index is 2.14. The number of ether oxygens (including phenoxy) is 2. The number of methoxy groups -OCH3 is 1. The highest BCUT2D eigenvalue weighted by Crippen LogP contribution is 2.21. The Morgan fingerprint density at radius 1 is 1.67 bits per heavy atom. The van der Waals surface area contributed by atoms with E-state index in [1.54, 1.807) is 0 Å². The van der Waals surface area contributed by atoms with Crippen molar-refractivity contribution in [2.24, 2.45) is 0 Å². The van der Waals surface area contributed by atoms with Crippen molar-refractivity contribution in [1.29, 1.82) is 0 Å². The van der Waals surface area contributed by atoms with Crippen LogP contribution in [0.3, 0.4) is 0 Å². The number of hydrogen-bond acceptors (Lipinski definition) is 5. The lowest BCUT2D eigenvalue weighted by atomic mass is 10.1. The highest BCUT2D eigenvalue weighted by atomic mass is 79.9. The molecule has 6 heteroatoms. The van der Waals surface area contributed by atoms with Gasteiger partial charge >= 0.3 is 5.97 Å². The lowest BCUT2D eigenvalue weighted by Crippen LogP contribution is -2.47. The summed E-state index contributed by atoms with van der Waals surface area (Å²) < 4.78 is 10.9. The lowest BCUT2D eigenvalue weighted by molar-refractivity contribution is -0.141. The van der Waals surface area contributed by atoms with E-state index in [1.807, 2.05) is 18.2 Å². The van der Waals surface area contributed by atoms with E-state index in [1.165, 1.54) is 7.11 Å². The number of esters is 1. The molecular formula is C12H15BrN2O3. The van der Waals surface area contributed by atoms with Gasteiger partial charge in [0, 0.05) is 6.54 Å². The number of pyridine rings is 1. The van der Waals surface area contributed by atoms with Crippen LogP contribution in [0.1, 0.15) is 6.42 Å². The molecule has 0 spiro atoms. The number of carbonyl (C=O) groups is 1. The Morgan fingerprint density at radius 3 is 3.22 bits per heavy atom. The molecule has 0 saturated carbocycles. The van der Waals surface area contributed by atoms with E-state index in [0.29, 0.717) is 19.6 Å². The van der Waals surface area contributed by atoms with Crippen molar-refractivity contribution in [2.75, 3.05) is 31.8 Å². The molecule has 98 valence electrons. The number of anilines is 1. The predicted octanol–water partition coefficient (Wildman–Crippen LogP) is 1.61. The largest absolute Gasteiger partial charge is 0.469 e. The van der Waals surface area contributed by atoms with Crippen LogP contribution < -0.4 is 4.90 Å². The Hall–Kier alpha value is -1.14. The van der Waals surface area contributed by atoms with E-state index in [9.17, 15) is 4.79 Å². The standard InChI is InChI=1S/C12H15BrN2O3/c1-17-12(16)7-9-8-18-6-5-15(9)11-4-2-3-10(13)14-11/h2-4,9H,5-8H2,1H3. The Labute approximate surface area is 114 Å². The average molecular weight is 315 g/mol. The highest BCUT2D eigenvalue weighted by Gasteiger charge is 2.26. The summed E-state index contributed by atoms with van der Waals surface area (Å²) in [7, 11) is 1.40. The maximum Gasteiger partial charge on any atom is 0.307 e. The average Bonchev–Trinajstić information content (AvgIpc) is 2.39. The number of morpholine rings is 1. The second-order valence-electron chi connectivity index (χ2n) is 4.02. The topological polar surface area (TPSA) is 51.7 Å². The monoisotopic (exact) mass is 314 g/mol. The van der Waals surface area contributed by atoms with E-state index >= 15 is 0 Å². The predicted molar refractivity (Wildman–Crippen MR) is 70.5 cm³/mol. The van der Waals surface area contributed by atoms with Crippen molar-refractivity contribution in [3.05, 3.63) is 22.8 Å². The Kier molecular flexibility index (Phi) is 4.54. The molecule has 18 heavy (non-hydrogen) atoms. The van der Waals surface area contributed by atoms with Crippen LogP contribution in [-0.4, -0.2) is 43.9 Å². The molecule has 1 aliphatic rings. The van der Waals surface area contributed by atoms with Gasteiger partial charge in [-0.05, 0) is 28.1 Å². The molecule has 0 radical (unpaired) electrons. The van der Waals surface area contributed by atoms with Crippen LogP contribution in [0, 0.1) is 0 Å². The Bertz CT molecular complexity index is 428. The first kappa shape index (κ1) is 13.3. The summed E-state index contributed by atoms with van der Waals surface area (Å²) in [6.07, 6.45) is 0.310. The fourth-order valence-corrected chi connectivity index (χ4v) is 2.29. The van der Waals surface area contributed by atoms with Crippen LogP contribution in [0.15, 0.2) is 22.8 Å². The summed E-state index contributed by atoms with van der Waals surface area (Å²) in [6.45, 7) is 1.89. The van der Waals surface area contributed by atoms with Crippen LogP contribution in [0.2, 0.25) is 0 Å². The van der Waals surface area contributed by atoms with Gasteiger partial charge < -0.3 is 14.4 Å². The van der Waals surface area contributed by atoms with Crippen LogP contribution in [0.25, 0.3) is 0 Å². The summed E-state index contributed by atoms with van der Waals surface area (Å²) in [5.41, 5.74) is 0. The van der Waals surface area contributed by atoms with E-state index in [4.69, 9.17) is 9.47 Å². The van der Waals surface area contributed by atoms with Gasteiger partial charge in [0.05, 0.1) is 32.8 Å². The molecule has 5 nitrogen and oxygen atoms in total. The molecule has 2 rings (SSSR count). The van der Waals surface area contributed by atoms with Crippen LogP contribution in [0.5, 0.6) is 0 Å². The molecule has 1 aromatic heterocycles. The molecule has 0 aliphatic carbocycles. The molecule has 1 atom stereocenters. The van der Waals surface area contributed by atoms with Crippen molar-refractivity contribution in [1.82, 2.24) is 4.98 Å². The Morgan fingerprint density at radius 2 is 2.50 bits per heavy atom. The fourth-order valence-electron chi connectivity index (χ4n) is 1.96. The molecule has 1 aromatic rings. The SMILES string of the molecule is COC(=O)CC1COCCN1c1cccc(Br)n1. The van der Waals surface area contributed by atoms with Gasteiger partial charge in [-0.15, -0.1) is 0 Å². The van der Waals surface area contributed by atoms with E-state index < -0.39 is 0 Å². The van der Waals surface area contributed by atoms with Crippen LogP contribution in [0.4, 0.5) is 5.82 Å². The number of rotatable bonds is 3. The van der Waals surface area contributed by atoms with Gasteiger partial charge in [-0.2, -0.15) is 0 Å². The van der Waals surface area contributed by atoms with Crippen molar-refractivity contribution in [3.63, 3.8) is 0 Å². The normalized spacial score (nSPS) is 19.7. The molecular weight excluding hydrogens is 300 g/mol. The minimum Gasteiger partial charge on any atom is -0.469 e. The quantitative estimate of drug-likeness (QED) is 0.627.